The van der Waals surface area contributed by atoms with E-state index in [1.807, 2.05) is 19.2 Å². The molecule has 1 atom stereocenters. The van der Waals surface area contributed by atoms with E-state index in [1.54, 1.807) is 0 Å². The van der Waals surface area contributed by atoms with Crippen molar-refractivity contribution < 1.29 is 37.3 Å². The van der Waals surface area contributed by atoms with E-state index < -0.39 is 30.5 Å². The van der Waals surface area contributed by atoms with Crippen LogP contribution in [0.15, 0.2) is 18.2 Å². The number of hydrogen-bond donors (Lipinski definition) is 2. The van der Waals surface area contributed by atoms with Crippen LogP contribution in [0.1, 0.15) is 37.0 Å². The third kappa shape index (κ3) is 7.20. The van der Waals surface area contributed by atoms with E-state index in [-0.39, 0.29) is 11.3 Å². The number of alkyl halides is 3. The van der Waals surface area contributed by atoms with E-state index in [0.717, 1.165) is 6.42 Å². The average Bonchev–Trinajstić information content (AvgIpc) is 2.52. The zero-order chi connectivity index (χ0) is 19.9. The Hall–Kier alpha value is -2.45. The van der Waals surface area contributed by atoms with Crippen LogP contribution in [0.5, 0.6) is 11.5 Å². The largest absolute Gasteiger partial charge is 0.493 e. The number of carboxylic acid groups (broad SMARTS) is 1. The number of carbonyl (C=O) groups excluding carboxylic acids is 1. The lowest BCUT2D eigenvalue weighted by Gasteiger charge is -2.17. The number of carboxylic acids is 1. The minimum atomic E-state index is -4.72. The Balaban J connectivity index is 2.86. The Morgan fingerprint density at radius 3 is 2.38 bits per heavy atom. The molecule has 1 unspecified atom stereocenters. The zero-order valence-corrected chi connectivity index (χ0v) is 14.7. The summed E-state index contributed by atoms with van der Waals surface area (Å²) in [4.78, 5) is 23.0. The maximum Gasteiger partial charge on any atom is 0.391 e. The molecule has 0 aliphatic rings. The van der Waals surface area contributed by atoms with Gasteiger partial charge in [0.1, 0.15) is 6.04 Å². The van der Waals surface area contributed by atoms with E-state index in [2.05, 4.69) is 0 Å². The van der Waals surface area contributed by atoms with Crippen molar-refractivity contribution in [2.24, 2.45) is 5.92 Å². The molecule has 1 rings (SSSR count). The normalized spacial score (nSPS) is 12.6. The van der Waals surface area contributed by atoms with Crippen LogP contribution in [-0.2, 0) is 4.79 Å². The van der Waals surface area contributed by atoms with Crippen molar-refractivity contribution in [1.82, 2.24) is 5.32 Å². The van der Waals surface area contributed by atoms with Gasteiger partial charge < -0.3 is 19.9 Å². The molecule has 0 bridgehead atoms. The summed E-state index contributed by atoms with van der Waals surface area (Å²) in [6.07, 6.45) is -5.58. The summed E-state index contributed by atoms with van der Waals surface area (Å²) < 4.78 is 47.9. The quantitative estimate of drug-likeness (QED) is 0.690. The van der Waals surface area contributed by atoms with Crippen molar-refractivity contribution in [3.63, 3.8) is 0 Å². The van der Waals surface area contributed by atoms with Crippen molar-refractivity contribution in [2.45, 2.75) is 38.9 Å². The molecular formula is C17H22F3NO5. The number of ether oxygens (including phenoxy) is 2. The van der Waals surface area contributed by atoms with Crippen LogP contribution < -0.4 is 14.8 Å². The van der Waals surface area contributed by atoms with Gasteiger partial charge in [0.2, 0.25) is 0 Å². The predicted octanol–water partition coefficient (Wildman–Crippen LogP) is 3.26. The summed E-state index contributed by atoms with van der Waals surface area (Å²) >= 11 is 0. The number of benzene rings is 1. The molecule has 0 aromatic heterocycles. The van der Waals surface area contributed by atoms with Gasteiger partial charge in [-0.1, -0.05) is 13.8 Å². The third-order valence-corrected chi connectivity index (χ3v) is 3.42. The minimum absolute atomic E-state index is 0.0357. The molecule has 146 valence electrons. The molecule has 1 aromatic carbocycles. The smallest absolute Gasteiger partial charge is 0.391 e. The van der Waals surface area contributed by atoms with Crippen molar-refractivity contribution >= 4 is 11.9 Å². The summed E-state index contributed by atoms with van der Waals surface area (Å²) in [6.45, 7) is 4.51. The van der Waals surface area contributed by atoms with Crippen LogP contribution in [-0.4, -0.2) is 42.9 Å². The second kappa shape index (κ2) is 9.30. The molecule has 1 amide bonds. The second-order valence-corrected chi connectivity index (χ2v) is 6.08. The van der Waals surface area contributed by atoms with Gasteiger partial charge in [0.05, 0.1) is 20.1 Å². The molecule has 0 radical (unpaired) electrons. The van der Waals surface area contributed by atoms with Crippen LogP contribution in [0.3, 0.4) is 0 Å². The summed E-state index contributed by atoms with van der Waals surface area (Å²) in [5.74, 6) is -1.67. The topological polar surface area (TPSA) is 84.9 Å². The molecule has 0 aliphatic heterocycles. The van der Waals surface area contributed by atoms with Crippen LogP contribution in [0, 0.1) is 5.92 Å². The number of hydrogen-bond acceptors (Lipinski definition) is 4. The summed E-state index contributed by atoms with van der Waals surface area (Å²) in [5.41, 5.74) is -0.0357. The molecule has 0 heterocycles. The maximum absolute atomic E-state index is 12.4. The zero-order valence-electron chi connectivity index (χ0n) is 14.7. The minimum Gasteiger partial charge on any atom is -0.493 e. The molecule has 0 saturated carbocycles. The highest BCUT2D eigenvalue weighted by molar-refractivity contribution is 5.97. The first-order valence-electron chi connectivity index (χ1n) is 7.94. The fraction of sp³-hybridized carbons (Fsp3) is 0.529. The monoisotopic (exact) mass is 377 g/mol. The highest BCUT2D eigenvalue weighted by Gasteiger charge is 2.36. The Morgan fingerprint density at radius 2 is 1.88 bits per heavy atom. The lowest BCUT2D eigenvalue weighted by atomic mass is 10.1. The van der Waals surface area contributed by atoms with E-state index in [9.17, 15) is 22.8 Å². The number of nitrogens with one attached hydrogen (secondary N) is 1. The van der Waals surface area contributed by atoms with Gasteiger partial charge in [-0.15, -0.1) is 0 Å². The van der Waals surface area contributed by atoms with E-state index in [4.69, 9.17) is 14.6 Å². The molecule has 0 saturated heterocycles. The van der Waals surface area contributed by atoms with Gasteiger partial charge in [-0.05, 0) is 30.5 Å². The van der Waals surface area contributed by atoms with Crippen LogP contribution in [0.4, 0.5) is 13.2 Å². The van der Waals surface area contributed by atoms with Crippen LogP contribution in [0.25, 0.3) is 0 Å². The van der Waals surface area contributed by atoms with Crippen molar-refractivity contribution in [2.75, 3.05) is 13.7 Å². The van der Waals surface area contributed by atoms with Crippen molar-refractivity contribution in [3.8, 4) is 11.5 Å². The number of carbonyl (C=O) groups is 2. The van der Waals surface area contributed by atoms with Crippen molar-refractivity contribution in [1.29, 1.82) is 0 Å². The Morgan fingerprint density at radius 1 is 1.23 bits per heavy atom. The fourth-order valence-corrected chi connectivity index (χ4v) is 2.01. The molecule has 0 spiro atoms. The van der Waals surface area contributed by atoms with Gasteiger partial charge in [-0.2, -0.15) is 13.2 Å². The molecule has 2 N–H and O–H groups in total. The molecule has 0 aliphatic carbocycles. The molecule has 6 nitrogen and oxygen atoms in total. The fourth-order valence-electron chi connectivity index (χ4n) is 2.01. The first-order valence-corrected chi connectivity index (χ1v) is 7.94. The second-order valence-electron chi connectivity index (χ2n) is 6.08. The van der Waals surface area contributed by atoms with E-state index in [1.165, 1.54) is 25.3 Å². The Bertz CT molecular complexity index is 631. The third-order valence-electron chi connectivity index (χ3n) is 3.42. The van der Waals surface area contributed by atoms with Gasteiger partial charge in [0, 0.05) is 5.56 Å². The molecule has 1 aromatic rings. The molecule has 9 heteroatoms. The SMILES string of the molecule is COc1cc(C(=O)NC(CC(F)(F)F)C(=O)O)ccc1OCCC(C)C. The molecule has 0 fully saturated rings. The first-order chi connectivity index (χ1) is 12.0. The first kappa shape index (κ1) is 21.6. The number of amides is 1. The predicted molar refractivity (Wildman–Crippen MR) is 87.5 cm³/mol. The Kier molecular flexibility index (Phi) is 7.73. The van der Waals surface area contributed by atoms with Gasteiger partial charge in [-0.3, -0.25) is 4.79 Å². The summed E-state index contributed by atoms with van der Waals surface area (Å²) in [6, 6.07) is 1.99. The van der Waals surface area contributed by atoms with Gasteiger partial charge in [-0.25, -0.2) is 4.79 Å². The average molecular weight is 377 g/mol. The highest BCUT2D eigenvalue weighted by Crippen LogP contribution is 2.29. The lowest BCUT2D eigenvalue weighted by molar-refractivity contribution is -0.157. The molecule has 26 heavy (non-hydrogen) atoms. The maximum atomic E-state index is 12.4. The lowest BCUT2D eigenvalue weighted by Crippen LogP contribution is -2.43. The standard InChI is InChI=1S/C17H22F3NO5/c1-10(2)6-7-26-13-5-4-11(8-14(13)25-3)15(22)21-12(16(23)24)9-17(18,19)20/h4-5,8,10,12H,6-7,9H2,1-3H3,(H,21,22)(H,23,24). The molecular weight excluding hydrogens is 355 g/mol. The van der Waals surface area contributed by atoms with Crippen LogP contribution >= 0.6 is 0 Å². The van der Waals surface area contributed by atoms with E-state index >= 15 is 0 Å². The van der Waals surface area contributed by atoms with E-state index in [0.29, 0.717) is 18.3 Å². The number of halogens is 3. The number of aliphatic carboxylic acids is 1. The van der Waals surface area contributed by atoms with Gasteiger partial charge in [0.15, 0.2) is 11.5 Å². The van der Waals surface area contributed by atoms with Gasteiger partial charge in [0.25, 0.3) is 5.91 Å². The summed E-state index contributed by atoms with van der Waals surface area (Å²) in [5, 5.41) is 10.7. The van der Waals surface area contributed by atoms with Crippen molar-refractivity contribution in [3.05, 3.63) is 23.8 Å². The summed E-state index contributed by atoms with van der Waals surface area (Å²) in [7, 11) is 1.36. The number of rotatable bonds is 9. The van der Waals surface area contributed by atoms with Gasteiger partial charge >= 0.3 is 12.1 Å². The Labute approximate surface area is 149 Å². The number of methoxy groups -OCH3 is 1. The van der Waals surface area contributed by atoms with Crippen LogP contribution in [0.2, 0.25) is 0 Å². The highest BCUT2D eigenvalue weighted by atomic mass is 19.4.